The van der Waals surface area contributed by atoms with Crippen LogP contribution in [0.15, 0.2) is 54.9 Å². The maximum atomic E-state index is 12.1. The predicted octanol–water partition coefficient (Wildman–Crippen LogP) is 3.16. The van der Waals surface area contributed by atoms with Gasteiger partial charge in [-0.25, -0.2) is 9.97 Å². The molecule has 0 aliphatic rings. The highest BCUT2D eigenvalue weighted by atomic mass is 16.5. The van der Waals surface area contributed by atoms with Crippen molar-refractivity contribution in [3.05, 3.63) is 66.1 Å². The summed E-state index contributed by atoms with van der Waals surface area (Å²) in [6, 6.07) is 15.0. The molecule has 2 aromatic carbocycles. The lowest BCUT2D eigenvalue weighted by Crippen LogP contribution is -2.28. The number of amides is 1. The molecule has 0 aliphatic carbocycles. The minimum absolute atomic E-state index is 0.115. The molecule has 0 bridgehead atoms. The molecule has 0 atom stereocenters. The van der Waals surface area contributed by atoms with E-state index in [0.717, 1.165) is 22.6 Å². The molecule has 1 heterocycles. The van der Waals surface area contributed by atoms with Crippen LogP contribution in [0.1, 0.15) is 11.3 Å². The lowest BCUT2D eigenvalue weighted by atomic mass is 10.1. The van der Waals surface area contributed by atoms with Crippen molar-refractivity contribution >= 4 is 5.91 Å². The van der Waals surface area contributed by atoms with Crippen LogP contribution in [0.25, 0.3) is 11.3 Å². The van der Waals surface area contributed by atoms with Crippen molar-refractivity contribution in [3.8, 4) is 28.5 Å². The summed E-state index contributed by atoms with van der Waals surface area (Å²) < 4.78 is 16.0. The van der Waals surface area contributed by atoms with Gasteiger partial charge in [0.2, 0.25) is 0 Å². The zero-order chi connectivity index (χ0) is 20.6. The Hall–Kier alpha value is -3.61. The third-order valence-corrected chi connectivity index (χ3v) is 4.25. The third kappa shape index (κ3) is 5.44. The van der Waals surface area contributed by atoms with Crippen molar-refractivity contribution in [2.45, 2.75) is 13.5 Å². The maximum absolute atomic E-state index is 12.1. The van der Waals surface area contributed by atoms with Crippen molar-refractivity contribution in [2.24, 2.45) is 0 Å². The Morgan fingerprint density at radius 2 is 1.76 bits per heavy atom. The van der Waals surface area contributed by atoms with E-state index in [1.54, 1.807) is 20.3 Å². The van der Waals surface area contributed by atoms with Gasteiger partial charge in [0.25, 0.3) is 5.91 Å². The quantitative estimate of drug-likeness (QED) is 0.633. The number of aromatic nitrogens is 2. The smallest absolute Gasteiger partial charge is 0.258 e. The fourth-order valence-corrected chi connectivity index (χ4v) is 2.69. The number of hydrogen-bond acceptors (Lipinski definition) is 6. The average Bonchev–Trinajstić information content (AvgIpc) is 2.77. The summed E-state index contributed by atoms with van der Waals surface area (Å²) in [5.74, 6) is 1.65. The molecule has 0 fully saturated rings. The van der Waals surface area contributed by atoms with Crippen molar-refractivity contribution in [2.75, 3.05) is 20.8 Å². The van der Waals surface area contributed by atoms with E-state index in [1.807, 2.05) is 49.4 Å². The molecular weight excluding hydrogens is 370 g/mol. The number of nitrogens with zero attached hydrogens (tertiary/aromatic N) is 2. The van der Waals surface area contributed by atoms with Gasteiger partial charge in [0, 0.05) is 5.56 Å². The van der Waals surface area contributed by atoms with Gasteiger partial charge in [-0.2, -0.15) is 0 Å². The van der Waals surface area contributed by atoms with Gasteiger partial charge < -0.3 is 19.5 Å². The lowest BCUT2D eigenvalue weighted by Gasteiger charge is -2.11. The molecule has 1 amide bonds. The topological polar surface area (TPSA) is 82.6 Å². The molecule has 0 aliphatic heterocycles. The molecule has 1 N–H and O–H groups in total. The first-order valence-electron chi connectivity index (χ1n) is 9.08. The van der Waals surface area contributed by atoms with Crippen LogP contribution in [0.3, 0.4) is 0 Å². The maximum Gasteiger partial charge on any atom is 0.258 e. The second-order valence-electron chi connectivity index (χ2n) is 6.34. The Labute approximate surface area is 169 Å². The highest BCUT2D eigenvalue weighted by molar-refractivity contribution is 5.77. The lowest BCUT2D eigenvalue weighted by molar-refractivity contribution is -0.123. The first-order chi connectivity index (χ1) is 14.1. The van der Waals surface area contributed by atoms with Crippen LogP contribution in [0.2, 0.25) is 0 Å². The number of aryl methyl sites for hydroxylation is 1. The molecule has 29 heavy (non-hydrogen) atoms. The standard InChI is InChI=1S/C22H23N3O4/c1-15-4-9-20(21(10-15)28-3)29-13-22(26)23-12-17-11-19(25-14-24-17)16-5-7-18(27-2)8-6-16/h4-11,14H,12-13H2,1-3H3,(H,23,26). The van der Waals surface area contributed by atoms with Gasteiger partial charge in [-0.1, -0.05) is 6.07 Å². The second kappa shape index (κ2) is 9.54. The normalized spacial score (nSPS) is 10.3. The zero-order valence-electron chi connectivity index (χ0n) is 16.6. The number of carbonyl (C=O) groups is 1. The summed E-state index contributed by atoms with van der Waals surface area (Å²) in [5, 5.41) is 2.80. The summed E-state index contributed by atoms with van der Waals surface area (Å²) in [6.07, 6.45) is 1.48. The Morgan fingerprint density at radius 3 is 2.48 bits per heavy atom. The van der Waals surface area contributed by atoms with Crippen molar-refractivity contribution < 1.29 is 19.0 Å². The van der Waals surface area contributed by atoms with E-state index in [9.17, 15) is 4.79 Å². The summed E-state index contributed by atoms with van der Waals surface area (Å²) in [4.78, 5) is 20.7. The molecule has 3 aromatic rings. The van der Waals surface area contributed by atoms with E-state index >= 15 is 0 Å². The van der Waals surface area contributed by atoms with Crippen molar-refractivity contribution in [1.29, 1.82) is 0 Å². The van der Waals surface area contributed by atoms with Crippen LogP contribution in [0.5, 0.6) is 17.2 Å². The Kier molecular flexibility index (Phi) is 6.63. The zero-order valence-corrected chi connectivity index (χ0v) is 16.6. The molecule has 7 nitrogen and oxygen atoms in total. The summed E-state index contributed by atoms with van der Waals surface area (Å²) in [6.45, 7) is 2.12. The summed E-state index contributed by atoms with van der Waals surface area (Å²) in [5.41, 5.74) is 3.46. The van der Waals surface area contributed by atoms with Gasteiger partial charge in [0.05, 0.1) is 32.2 Å². The van der Waals surface area contributed by atoms with Crippen molar-refractivity contribution in [1.82, 2.24) is 15.3 Å². The van der Waals surface area contributed by atoms with Crippen LogP contribution in [-0.2, 0) is 11.3 Å². The molecule has 0 saturated heterocycles. The van der Waals surface area contributed by atoms with E-state index in [-0.39, 0.29) is 19.1 Å². The summed E-state index contributed by atoms with van der Waals surface area (Å²) in [7, 11) is 3.19. The summed E-state index contributed by atoms with van der Waals surface area (Å²) >= 11 is 0. The number of benzene rings is 2. The average molecular weight is 393 g/mol. The molecular formula is C22H23N3O4. The Bertz CT molecular complexity index is 974. The number of ether oxygens (including phenoxy) is 3. The highest BCUT2D eigenvalue weighted by Gasteiger charge is 2.09. The Balaban J connectivity index is 1.56. The monoisotopic (exact) mass is 393 g/mol. The molecule has 0 spiro atoms. The van der Waals surface area contributed by atoms with E-state index in [0.29, 0.717) is 17.2 Å². The predicted molar refractivity (Wildman–Crippen MR) is 109 cm³/mol. The first kappa shape index (κ1) is 20.1. The number of nitrogens with one attached hydrogen (secondary N) is 1. The molecule has 0 radical (unpaired) electrons. The molecule has 3 rings (SSSR count). The largest absolute Gasteiger partial charge is 0.497 e. The van der Waals surface area contributed by atoms with Gasteiger partial charge in [0.15, 0.2) is 18.1 Å². The van der Waals surface area contributed by atoms with E-state index in [4.69, 9.17) is 14.2 Å². The number of hydrogen-bond donors (Lipinski definition) is 1. The number of rotatable bonds is 8. The second-order valence-corrected chi connectivity index (χ2v) is 6.34. The number of carbonyl (C=O) groups excluding carboxylic acids is 1. The van der Waals surface area contributed by atoms with Crippen LogP contribution in [0, 0.1) is 6.92 Å². The van der Waals surface area contributed by atoms with Crippen LogP contribution in [0.4, 0.5) is 0 Å². The van der Waals surface area contributed by atoms with Crippen LogP contribution >= 0.6 is 0 Å². The molecule has 150 valence electrons. The van der Waals surface area contributed by atoms with Crippen LogP contribution < -0.4 is 19.5 Å². The highest BCUT2D eigenvalue weighted by Crippen LogP contribution is 2.27. The van der Waals surface area contributed by atoms with Gasteiger partial charge in [-0.3, -0.25) is 4.79 Å². The van der Waals surface area contributed by atoms with Gasteiger partial charge >= 0.3 is 0 Å². The number of methoxy groups -OCH3 is 2. The van der Waals surface area contributed by atoms with Crippen LogP contribution in [-0.4, -0.2) is 36.7 Å². The first-order valence-corrected chi connectivity index (χ1v) is 9.08. The fraction of sp³-hybridized carbons (Fsp3) is 0.227. The molecule has 1 aromatic heterocycles. The van der Waals surface area contributed by atoms with Gasteiger partial charge in [-0.15, -0.1) is 0 Å². The minimum Gasteiger partial charge on any atom is -0.497 e. The minimum atomic E-state index is -0.253. The fourth-order valence-electron chi connectivity index (χ4n) is 2.69. The van der Waals surface area contributed by atoms with Gasteiger partial charge in [0.1, 0.15) is 12.1 Å². The SMILES string of the molecule is COc1ccc(-c2cc(CNC(=O)COc3ccc(C)cc3OC)ncn2)cc1. The molecule has 0 saturated carbocycles. The van der Waals surface area contributed by atoms with E-state index in [2.05, 4.69) is 15.3 Å². The van der Waals surface area contributed by atoms with E-state index < -0.39 is 0 Å². The third-order valence-electron chi connectivity index (χ3n) is 4.25. The van der Waals surface area contributed by atoms with Gasteiger partial charge in [-0.05, 0) is 55.0 Å². The molecule has 7 heteroatoms. The molecule has 0 unspecified atom stereocenters. The van der Waals surface area contributed by atoms with E-state index in [1.165, 1.54) is 6.33 Å². The van der Waals surface area contributed by atoms with Crippen molar-refractivity contribution in [3.63, 3.8) is 0 Å². The Morgan fingerprint density at radius 1 is 0.966 bits per heavy atom.